The predicted molar refractivity (Wildman–Crippen MR) is 68.6 cm³/mol. The largest absolute Gasteiger partial charge is 0.472 e. The molecule has 1 heterocycles. The second kappa shape index (κ2) is 5.05. The molecule has 0 aliphatic carbocycles. The number of nitrogens with one attached hydrogen (secondary N) is 1. The van der Waals surface area contributed by atoms with E-state index in [2.05, 4.69) is 46.0 Å². The Hall–Kier alpha value is -0.760. The number of rotatable bonds is 5. The quantitative estimate of drug-likeness (QED) is 0.824. The third-order valence-corrected chi connectivity index (χ3v) is 3.11. The molecule has 16 heavy (non-hydrogen) atoms. The van der Waals surface area contributed by atoms with Crippen LogP contribution in [0.5, 0.6) is 0 Å². The highest BCUT2D eigenvalue weighted by atomic mass is 16.3. The summed E-state index contributed by atoms with van der Waals surface area (Å²) in [4.78, 5) is 0. The molecule has 1 atom stereocenters. The minimum absolute atomic E-state index is 0.187. The van der Waals surface area contributed by atoms with Gasteiger partial charge in [0.05, 0.1) is 12.5 Å². The van der Waals surface area contributed by atoms with Crippen LogP contribution in [0.3, 0.4) is 0 Å². The first-order valence-corrected chi connectivity index (χ1v) is 6.11. The molecule has 1 N–H and O–H groups in total. The van der Waals surface area contributed by atoms with Crippen molar-refractivity contribution < 1.29 is 4.42 Å². The third kappa shape index (κ3) is 4.40. The molecular formula is C14H25NO. The molecule has 0 aliphatic rings. The minimum atomic E-state index is 0.187. The Labute approximate surface area is 99.4 Å². The van der Waals surface area contributed by atoms with Gasteiger partial charge in [-0.3, -0.25) is 0 Å². The predicted octanol–water partition coefficient (Wildman–Crippen LogP) is 3.63. The number of hydrogen-bond acceptors (Lipinski definition) is 2. The molecule has 1 unspecified atom stereocenters. The Balaban J connectivity index is 2.56. The van der Waals surface area contributed by atoms with E-state index in [0.717, 1.165) is 13.0 Å². The van der Waals surface area contributed by atoms with E-state index < -0.39 is 0 Å². The van der Waals surface area contributed by atoms with Gasteiger partial charge in [-0.1, -0.05) is 13.8 Å². The molecule has 2 nitrogen and oxygen atoms in total. The number of hydrogen-bond donors (Lipinski definition) is 1. The highest BCUT2D eigenvalue weighted by Crippen LogP contribution is 2.26. The highest BCUT2D eigenvalue weighted by molar-refractivity contribution is 5.08. The molecule has 1 rings (SSSR count). The second-order valence-electron chi connectivity index (χ2n) is 6.08. The van der Waals surface area contributed by atoms with Crippen LogP contribution >= 0.6 is 0 Å². The second-order valence-corrected chi connectivity index (χ2v) is 6.08. The molecule has 0 aliphatic heterocycles. The molecule has 0 spiro atoms. The van der Waals surface area contributed by atoms with E-state index in [1.807, 2.05) is 6.26 Å². The van der Waals surface area contributed by atoms with Gasteiger partial charge >= 0.3 is 0 Å². The van der Waals surface area contributed by atoms with Crippen molar-refractivity contribution in [2.45, 2.75) is 53.0 Å². The molecule has 0 fully saturated rings. The van der Waals surface area contributed by atoms with Crippen molar-refractivity contribution in [2.24, 2.45) is 5.41 Å². The first-order chi connectivity index (χ1) is 7.35. The van der Waals surface area contributed by atoms with E-state index in [9.17, 15) is 0 Å². The molecule has 0 saturated carbocycles. The Kier molecular flexibility index (Phi) is 4.20. The summed E-state index contributed by atoms with van der Waals surface area (Å²) in [5.41, 5.74) is 1.78. The van der Waals surface area contributed by atoms with Crippen LogP contribution in [-0.2, 0) is 6.42 Å². The third-order valence-electron chi connectivity index (χ3n) is 3.11. The topological polar surface area (TPSA) is 25.2 Å². The summed E-state index contributed by atoms with van der Waals surface area (Å²) >= 11 is 0. The average molecular weight is 223 g/mol. The van der Waals surface area contributed by atoms with Crippen LogP contribution in [0.2, 0.25) is 0 Å². The minimum Gasteiger partial charge on any atom is -0.472 e. The van der Waals surface area contributed by atoms with Crippen LogP contribution < -0.4 is 5.32 Å². The van der Waals surface area contributed by atoms with Crippen molar-refractivity contribution in [3.8, 4) is 0 Å². The van der Waals surface area contributed by atoms with Crippen LogP contribution in [0.25, 0.3) is 0 Å². The van der Waals surface area contributed by atoms with Gasteiger partial charge in [0, 0.05) is 12.1 Å². The van der Waals surface area contributed by atoms with Crippen molar-refractivity contribution in [3.05, 3.63) is 24.2 Å². The molecule has 1 aromatic rings. The SMILES string of the molecule is CCC(C)(CNC(C)(C)C)Cc1ccoc1. The smallest absolute Gasteiger partial charge is 0.0934 e. The Morgan fingerprint density at radius 1 is 1.25 bits per heavy atom. The Morgan fingerprint density at radius 2 is 1.94 bits per heavy atom. The van der Waals surface area contributed by atoms with Gasteiger partial charge in [-0.15, -0.1) is 0 Å². The van der Waals surface area contributed by atoms with Crippen LogP contribution in [0.1, 0.15) is 46.6 Å². The zero-order valence-corrected chi connectivity index (χ0v) is 11.3. The van der Waals surface area contributed by atoms with E-state index in [1.165, 1.54) is 12.0 Å². The van der Waals surface area contributed by atoms with Gasteiger partial charge < -0.3 is 9.73 Å². The zero-order valence-electron chi connectivity index (χ0n) is 11.3. The summed E-state index contributed by atoms with van der Waals surface area (Å²) in [5.74, 6) is 0. The summed E-state index contributed by atoms with van der Waals surface area (Å²) in [6.07, 6.45) is 5.85. The van der Waals surface area contributed by atoms with Crippen molar-refractivity contribution >= 4 is 0 Å². The standard InChI is InChI=1S/C14H25NO/c1-6-14(5,11-15-13(2,3)4)9-12-7-8-16-10-12/h7-8,10,15H,6,9,11H2,1-5H3. The summed E-state index contributed by atoms with van der Waals surface area (Å²) < 4.78 is 5.13. The lowest BCUT2D eigenvalue weighted by Gasteiger charge is -2.32. The molecule has 0 bridgehead atoms. The van der Waals surface area contributed by atoms with E-state index in [1.54, 1.807) is 6.26 Å². The lowest BCUT2D eigenvalue weighted by atomic mass is 9.81. The zero-order chi connectivity index (χ0) is 12.2. The van der Waals surface area contributed by atoms with Crippen molar-refractivity contribution in [1.82, 2.24) is 5.32 Å². The van der Waals surface area contributed by atoms with Gasteiger partial charge in [0.25, 0.3) is 0 Å². The summed E-state index contributed by atoms with van der Waals surface area (Å²) in [6, 6.07) is 2.06. The van der Waals surface area contributed by atoms with Crippen LogP contribution in [0.15, 0.2) is 23.0 Å². The Morgan fingerprint density at radius 3 is 2.38 bits per heavy atom. The monoisotopic (exact) mass is 223 g/mol. The van der Waals surface area contributed by atoms with E-state index >= 15 is 0 Å². The average Bonchev–Trinajstić information content (AvgIpc) is 2.66. The first kappa shape index (κ1) is 13.3. The van der Waals surface area contributed by atoms with Gasteiger partial charge in [0.1, 0.15) is 0 Å². The van der Waals surface area contributed by atoms with Crippen molar-refractivity contribution in [1.29, 1.82) is 0 Å². The number of furan rings is 1. The van der Waals surface area contributed by atoms with E-state index in [0.29, 0.717) is 5.41 Å². The van der Waals surface area contributed by atoms with Crippen LogP contribution in [0.4, 0.5) is 0 Å². The van der Waals surface area contributed by atoms with Gasteiger partial charge in [-0.25, -0.2) is 0 Å². The van der Waals surface area contributed by atoms with Crippen molar-refractivity contribution in [3.63, 3.8) is 0 Å². The van der Waals surface area contributed by atoms with Crippen molar-refractivity contribution in [2.75, 3.05) is 6.54 Å². The van der Waals surface area contributed by atoms with Crippen LogP contribution in [0, 0.1) is 5.41 Å². The van der Waals surface area contributed by atoms with Gasteiger partial charge in [-0.05, 0) is 50.7 Å². The van der Waals surface area contributed by atoms with Crippen LogP contribution in [-0.4, -0.2) is 12.1 Å². The fourth-order valence-corrected chi connectivity index (χ4v) is 1.68. The molecule has 92 valence electrons. The molecule has 0 aromatic carbocycles. The lowest BCUT2D eigenvalue weighted by Crippen LogP contribution is -2.43. The van der Waals surface area contributed by atoms with Gasteiger partial charge in [0.2, 0.25) is 0 Å². The maximum atomic E-state index is 5.13. The fraction of sp³-hybridized carbons (Fsp3) is 0.714. The molecular weight excluding hydrogens is 198 g/mol. The lowest BCUT2D eigenvalue weighted by molar-refractivity contribution is 0.254. The molecule has 0 saturated heterocycles. The van der Waals surface area contributed by atoms with Gasteiger partial charge in [0.15, 0.2) is 0 Å². The normalized spacial score (nSPS) is 16.1. The molecule has 2 heteroatoms. The Bertz CT molecular complexity index is 297. The summed E-state index contributed by atoms with van der Waals surface area (Å²) in [5, 5.41) is 3.60. The fourth-order valence-electron chi connectivity index (χ4n) is 1.68. The summed E-state index contributed by atoms with van der Waals surface area (Å²) in [7, 11) is 0. The van der Waals surface area contributed by atoms with E-state index in [4.69, 9.17) is 4.42 Å². The van der Waals surface area contributed by atoms with E-state index in [-0.39, 0.29) is 5.54 Å². The molecule has 0 amide bonds. The molecule has 0 radical (unpaired) electrons. The van der Waals surface area contributed by atoms with Gasteiger partial charge in [-0.2, -0.15) is 0 Å². The maximum Gasteiger partial charge on any atom is 0.0934 e. The molecule has 1 aromatic heterocycles. The highest BCUT2D eigenvalue weighted by Gasteiger charge is 2.24. The first-order valence-electron chi connectivity index (χ1n) is 6.11. The maximum absolute atomic E-state index is 5.13. The summed E-state index contributed by atoms with van der Waals surface area (Å²) in [6.45, 7) is 12.3.